The van der Waals surface area contributed by atoms with Gasteiger partial charge in [0.1, 0.15) is 11.6 Å². The Bertz CT molecular complexity index is 789. The minimum absolute atomic E-state index is 0.0150. The first-order chi connectivity index (χ1) is 9.65. The topological polar surface area (TPSA) is 30.0 Å². The maximum Gasteiger partial charge on any atom is 0.193 e. The van der Waals surface area contributed by atoms with E-state index in [1.165, 1.54) is 0 Å². The predicted octanol–water partition coefficient (Wildman–Crippen LogP) is 3.74. The highest BCUT2D eigenvalue weighted by molar-refractivity contribution is 6.15. The molecule has 0 fully saturated rings. The molecular weight excluding hydrogens is 260 g/mol. The Balaban J connectivity index is 2.17. The zero-order chi connectivity index (χ0) is 14.1. The van der Waals surface area contributed by atoms with E-state index in [0.29, 0.717) is 16.5 Å². The average Bonchev–Trinajstić information content (AvgIpc) is 2.45. The van der Waals surface area contributed by atoms with E-state index in [2.05, 4.69) is 4.98 Å². The summed E-state index contributed by atoms with van der Waals surface area (Å²) in [6.45, 7) is 0. The number of pyridine rings is 1. The van der Waals surface area contributed by atoms with Crippen molar-refractivity contribution in [2.75, 3.05) is 0 Å². The molecule has 1 heterocycles. The summed E-state index contributed by atoms with van der Waals surface area (Å²) in [6.07, 6.45) is 1.62. The van der Waals surface area contributed by atoms with Gasteiger partial charge < -0.3 is 0 Å². The van der Waals surface area contributed by atoms with Crippen LogP contribution in [-0.2, 0) is 0 Å². The Morgan fingerprint density at radius 2 is 1.70 bits per heavy atom. The van der Waals surface area contributed by atoms with Gasteiger partial charge in [0.05, 0.1) is 5.52 Å². The molecule has 20 heavy (non-hydrogen) atoms. The number of hydrogen-bond acceptors (Lipinski definition) is 2. The molecule has 3 rings (SSSR count). The molecule has 2 aromatic carbocycles. The summed E-state index contributed by atoms with van der Waals surface area (Å²) >= 11 is 0. The van der Waals surface area contributed by atoms with Crippen LogP contribution in [0.3, 0.4) is 0 Å². The Labute approximate surface area is 113 Å². The third kappa shape index (κ3) is 2.16. The Kier molecular flexibility index (Phi) is 2.99. The van der Waals surface area contributed by atoms with Gasteiger partial charge in [-0.3, -0.25) is 9.78 Å². The fraction of sp³-hybridized carbons (Fsp3) is 0. The molecule has 1 aromatic heterocycles. The molecule has 0 aliphatic rings. The molecule has 4 heteroatoms. The summed E-state index contributed by atoms with van der Waals surface area (Å²) in [5.74, 6) is -1.97. The van der Waals surface area contributed by atoms with Gasteiger partial charge in [-0.1, -0.05) is 18.2 Å². The molecule has 0 saturated heterocycles. The van der Waals surface area contributed by atoms with Crippen molar-refractivity contribution in [3.8, 4) is 0 Å². The molecule has 0 unspecified atom stereocenters. The van der Waals surface area contributed by atoms with Crippen molar-refractivity contribution in [2.45, 2.75) is 0 Å². The van der Waals surface area contributed by atoms with Crippen LogP contribution < -0.4 is 0 Å². The lowest BCUT2D eigenvalue weighted by atomic mass is 9.99. The van der Waals surface area contributed by atoms with Crippen LogP contribution in [0.15, 0.2) is 54.7 Å². The number of halogens is 2. The Morgan fingerprint density at radius 1 is 0.950 bits per heavy atom. The first-order valence-electron chi connectivity index (χ1n) is 6.00. The monoisotopic (exact) mass is 269 g/mol. The molecule has 0 N–H and O–H groups in total. The van der Waals surface area contributed by atoms with E-state index >= 15 is 0 Å². The van der Waals surface area contributed by atoms with Gasteiger partial charge in [-0.05, 0) is 24.3 Å². The van der Waals surface area contributed by atoms with Crippen molar-refractivity contribution < 1.29 is 13.6 Å². The van der Waals surface area contributed by atoms with Crippen molar-refractivity contribution in [1.82, 2.24) is 4.98 Å². The lowest BCUT2D eigenvalue weighted by Crippen LogP contribution is -2.03. The molecule has 0 aliphatic carbocycles. The summed E-state index contributed by atoms with van der Waals surface area (Å²) < 4.78 is 26.4. The van der Waals surface area contributed by atoms with Crippen molar-refractivity contribution >= 4 is 16.7 Å². The number of benzene rings is 2. The summed E-state index contributed by atoms with van der Waals surface area (Å²) in [5, 5.41) is 0.657. The van der Waals surface area contributed by atoms with Crippen molar-refractivity contribution in [2.24, 2.45) is 0 Å². The number of ketones is 1. The number of fused-ring (bicyclic) bond motifs is 1. The summed E-state index contributed by atoms with van der Waals surface area (Å²) in [7, 11) is 0. The van der Waals surface area contributed by atoms with Crippen molar-refractivity contribution in [3.63, 3.8) is 0 Å². The minimum Gasteiger partial charge on any atom is -0.289 e. The van der Waals surface area contributed by atoms with Crippen LogP contribution in [0.25, 0.3) is 10.9 Å². The lowest BCUT2D eigenvalue weighted by molar-refractivity contribution is 0.103. The molecule has 0 bridgehead atoms. The second-order valence-electron chi connectivity index (χ2n) is 4.36. The average molecular weight is 269 g/mol. The van der Waals surface area contributed by atoms with E-state index in [9.17, 15) is 13.6 Å². The highest BCUT2D eigenvalue weighted by Gasteiger charge is 2.14. The van der Waals surface area contributed by atoms with Gasteiger partial charge in [0, 0.05) is 28.8 Å². The van der Waals surface area contributed by atoms with Crippen LogP contribution in [0.1, 0.15) is 15.9 Å². The molecule has 98 valence electrons. The minimum atomic E-state index is -0.772. The summed E-state index contributed by atoms with van der Waals surface area (Å²) in [5.41, 5.74) is 1.02. The summed E-state index contributed by atoms with van der Waals surface area (Å²) in [6, 6.07) is 11.4. The van der Waals surface area contributed by atoms with Gasteiger partial charge >= 0.3 is 0 Å². The SMILES string of the molecule is O=C(c1cc(F)cc(F)c1)c1cccc2ncccc12. The molecular formula is C16H9F2NO. The first kappa shape index (κ1) is 12.4. The first-order valence-corrected chi connectivity index (χ1v) is 6.00. The zero-order valence-corrected chi connectivity index (χ0v) is 10.3. The van der Waals surface area contributed by atoms with Gasteiger partial charge in [-0.25, -0.2) is 8.78 Å². The number of rotatable bonds is 2. The Hall–Kier alpha value is -2.62. The van der Waals surface area contributed by atoms with E-state index in [4.69, 9.17) is 0 Å². The quantitative estimate of drug-likeness (QED) is 0.663. The van der Waals surface area contributed by atoms with Crippen LogP contribution in [0.2, 0.25) is 0 Å². The smallest absolute Gasteiger partial charge is 0.193 e. The number of nitrogens with zero attached hydrogens (tertiary/aromatic N) is 1. The van der Waals surface area contributed by atoms with Crippen molar-refractivity contribution in [3.05, 3.63) is 77.5 Å². The van der Waals surface area contributed by atoms with Gasteiger partial charge in [-0.2, -0.15) is 0 Å². The second-order valence-corrected chi connectivity index (χ2v) is 4.36. The molecule has 0 aliphatic heterocycles. The predicted molar refractivity (Wildman–Crippen MR) is 71.5 cm³/mol. The zero-order valence-electron chi connectivity index (χ0n) is 10.3. The van der Waals surface area contributed by atoms with Crippen molar-refractivity contribution in [1.29, 1.82) is 0 Å². The van der Waals surface area contributed by atoms with Crippen LogP contribution in [-0.4, -0.2) is 10.8 Å². The Morgan fingerprint density at radius 3 is 2.45 bits per heavy atom. The van der Waals surface area contributed by atoms with E-state index in [-0.39, 0.29) is 5.56 Å². The van der Waals surface area contributed by atoms with Crippen LogP contribution in [0.5, 0.6) is 0 Å². The van der Waals surface area contributed by atoms with Gasteiger partial charge in [0.25, 0.3) is 0 Å². The maximum absolute atomic E-state index is 13.2. The molecule has 0 atom stereocenters. The van der Waals surface area contributed by atoms with Crippen LogP contribution in [0.4, 0.5) is 8.78 Å². The number of aromatic nitrogens is 1. The van der Waals surface area contributed by atoms with E-state index < -0.39 is 17.4 Å². The molecule has 2 nitrogen and oxygen atoms in total. The van der Waals surface area contributed by atoms with E-state index in [1.807, 2.05) is 0 Å². The highest BCUT2D eigenvalue weighted by atomic mass is 19.1. The number of carbonyl (C=O) groups is 1. The number of hydrogen-bond donors (Lipinski definition) is 0. The van der Waals surface area contributed by atoms with Gasteiger partial charge in [0.15, 0.2) is 5.78 Å². The molecule has 0 saturated carbocycles. The number of carbonyl (C=O) groups excluding carboxylic acids is 1. The molecule has 0 radical (unpaired) electrons. The van der Waals surface area contributed by atoms with Crippen LogP contribution >= 0.6 is 0 Å². The van der Waals surface area contributed by atoms with Gasteiger partial charge in [-0.15, -0.1) is 0 Å². The molecule has 0 spiro atoms. The second kappa shape index (κ2) is 4.81. The molecule has 0 amide bonds. The maximum atomic E-state index is 13.2. The third-order valence-electron chi connectivity index (χ3n) is 3.02. The van der Waals surface area contributed by atoms with Crippen LogP contribution in [0, 0.1) is 11.6 Å². The third-order valence-corrected chi connectivity index (χ3v) is 3.02. The highest BCUT2D eigenvalue weighted by Crippen LogP contribution is 2.20. The fourth-order valence-electron chi connectivity index (χ4n) is 2.14. The molecule has 3 aromatic rings. The van der Waals surface area contributed by atoms with E-state index in [0.717, 1.165) is 18.2 Å². The fourth-order valence-corrected chi connectivity index (χ4v) is 2.14. The normalized spacial score (nSPS) is 10.7. The summed E-state index contributed by atoms with van der Waals surface area (Å²) in [4.78, 5) is 16.6. The largest absolute Gasteiger partial charge is 0.289 e. The lowest BCUT2D eigenvalue weighted by Gasteiger charge is -2.05. The van der Waals surface area contributed by atoms with Gasteiger partial charge in [0.2, 0.25) is 0 Å². The van der Waals surface area contributed by atoms with E-state index in [1.54, 1.807) is 36.5 Å². The standard InChI is InChI=1S/C16H9F2NO/c17-11-7-10(8-12(18)9-11)16(20)14-3-1-5-15-13(14)4-2-6-19-15/h1-9H.